The summed E-state index contributed by atoms with van der Waals surface area (Å²) in [4.78, 5) is 2.60. The summed E-state index contributed by atoms with van der Waals surface area (Å²) in [6.07, 6.45) is 0. The van der Waals surface area contributed by atoms with Crippen LogP contribution in [0.25, 0.3) is 32.0 Å². The Bertz CT molecular complexity index is 1240. The third kappa shape index (κ3) is 2.23. The standard InChI is InChI=1S/C20H11BrO2S3/c21-20-15(13-9-5-2-6-10-13)19-17(25-20)16-18(26(19,22)23)14(11-24-16)12-7-3-1-4-8-12/h1-11H. The molecule has 0 unspecified atom stereocenters. The quantitative estimate of drug-likeness (QED) is 0.294. The second-order valence-electron chi connectivity index (χ2n) is 5.95. The molecule has 6 heteroatoms. The van der Waals surface area contributed by atoms with Gasteiger partial charge in [-0.1, -0.05) is 60.7 Å². The van der Waals surface area contributed by atoms with Crippen LogP contribution in [-0.2, 0) is 9.84 Å². The molecule has 0 fully saturated rings. The molecule has 2 nitrogen and oxygen atoms in total. The van der Waals surface area contributed by atoms with Crippen molar-refractivity contribution in [2.24, 2.45) is 0 Å². The SMILES string of the molecule is O=S1(=O)c2c(-c3ccccc3)csc2-c2sc(Br)c(-c3ccccc3)c21. The molecule has 0 amide bonds. The Labute approximate surface area is 167 Å². The zero-order valence-electron chi connectivity index (χ0n) is 13.3. The summed E-state index contributed by atoms with van der Waals surface area (Å²) in [5, 5.41) is 1.95. The van der Waals surface area contributed by atoms with Gasteiger partial charge in [-0.3, -0.25) is 0 Å². The van der Waals surface area contributed by atoms with Crippen molar-refractivity contribution < 1.29 is 8.42 Å². The Balaban J connectivity index is 1.81. The molecule has 2 aromatic heterocycles. The first-order valence-electron chi connectivity index (χ1n) is 7.89. The van der Waals surface area contributed by atoms with Crippen LogP contribution in [0.3, 0.4) is 0 Å². The molecule has 0 saturated heterocycles. The van der Waals surface area contributed by atoms with Crippen molar-refractivity contribution in [3.8, 4) is 32.0 Å². The largest absolute Gasteiger partial charge is 0.218 e. The van der Waals surface area contributed by atoms with Crippen molar-refractivity contribution in [3.05, 3.63) is 69.8 Å². The maximum Gasteiger partial charge on any atom is 0.210 e. The average molecular weight is 459 g/mol. The van der Waals surface area contributed by atoms with Crippen LogP contribution >= 0.6 is 38.6 Å². The summed E-state index contributed by atoms with van der Waals surface area (Å²) in [5.74, 6) is 0. The van der Waals surface area contributed by atoms with E-state index in [4.69, 9.17) is 0 Å². The Hall–Kier alpha value is -1.73. The highest BCUT2D eigenvalue weighted by atomic mass is 79.9. The zero-order chi connectivity index (χ0) is 17.9. The monoisotopic (exact) mass is 458 g/mol. The number of fused-ring (bicyclic) bond motifs is 3. The molecule has 0 spiro atoms. The number of halogens is 1. The topological polar surface area (TPSA) is 34.1 Å². The Morgan fingerprint density at radius 3 is 2.04 bits per heavy atom. The van der Waals surface area contributed by atoms with Crippen LogP contribution in [0.1, 0.15) is 0 Å². The first-order chi connectivity index (χ1) is 12.6. The van der Waals surface area contributed by atoms with Gasteiger partial charge in [-0.05, 0) is 27.1 Å². The predicted octanol–water partition coefficient (Wildman–Crippen LogP) is 6.72. The Morgan fingerprint density at radius 2 is 1.38 bits per heavy atom. The summed E-state index contributed by atoms with van der Waals surface area (Å²) in [6.45, 7) is 0. The molecular weight excluding hydrogens is 448 g/mol. The van der Waals surface area contributed by atoms with E-state index in [9.17, 15) is 8.42 Å². The van der Waals surface area contributed by atoms with Crippen molar-refractivity contribution in [1.29, 1.82) is 0 Å². The molecule has 2 aromatic carbocycles. The fourth-order valence-corrected chi connectivity index (χ4v) is 9.50. The van der Waals surface area contributed by atoms with E-state index in [1.807, 2.05) is 66.0 Å². The number of hydrogen-bond acceptors (Lipinski definition) is 4. The van der Waals surface area contributed by atoms with Gasteiger partial charge >= 0.3 is 0 Å². The van der Waals surface area contributed by atoms with Gasteiger partial charge in [0.15, 0.2) is 0 Å². The molecule has 0 saturated carbocycles. The highest BCUT2D eigenvalue weighted by Gasteiger charge is 2.42. The van der Waals surface area contributed by atoms with Gasteiger partial charge in [0.25, 0.3) is 0 Å². The second kappa shape index (κ2) is 5.89. The number of hydrogen-bond donors (Lipinski definition) is 0. The van der Waals surface area contributed by atoms with Gasteiger partial charge in [-0.2, -0.15) is 0 Å². The molecule has 0 N–H and O–H groups in total. The molecule has 0 radical (unpaired) electrons. The van der Waals surface area contributed by atoms with Gasteiger partial charge in [0.1, 0.15) is 4.90 Å². The minimum absolute atomic E-state index is 0.444. The number of rotatable bonds is 2. The molecule has 5 rings (SSSR count). The third-order valence-electron chi connectivity index (χ3n) is 4.46. The number of thiophene rings is 2. The molecule has 1 aliphatic rings. The molecule has 26 heavy (non-hydrogen) atoms. The summed E-state index contributed by atoms with van der Waals surface area (Å²) in [6, 6.07) is 19.4. The van der Waals surface area contributed by atoms with Gasteiger partial charge in [0.2, 0.25) is 9.84 Å². The first kappa shape index (κ1) is 16.4. The lowest BCUT2D eigenvalue weighted by Crippen LogP contribution is -1.99. The first-order valence-corrected chi connectivity index (χ1v) is 11.9. The van der Waals surface area contributed by atoms with Crippen molar-refractivity contribution in [2.75, 3.05) is 0 Å². The molecule has 1 aliphatic heterocycles. The van der Waals surface area contributed by atoms with Crippen LogP contribution in [0.2, 0.25) is 0 Å². The molecular formula is C20H11BrO2S3. The lowest BCUT2D eigenvalue weighted by atomic mass is 10.1. The fraction of sp³-hybridized carbons (Fsp3) is 0. The second-order valence-corrected chi connectivity index (χ2v) is 11.0. The lowest BCUT2D eigenvalue weighted by molar-refractivity contribution is 0.599. The van der Waals surface area contributed by atoms with Crippen LogP contribution in [0.15, 0.2) is 79.6 Å². The molecule has 3 heterocycles. The highest BCUT2D eigenvalue weighted by molar-refractivity contribution is 9.11. The van der Waals surface area contributed by atoms with Crippen LogP contribution in [0, 0.1) is 0 Å². The smallest absolute Gasteiger partial charge is 0.210 e. The number of benzene rings is 2. The van der Waals surface area contributed by atoms with Gasteiger partial charge in [0.05, 0.1) is 18.4 Å². The maximum absolute atomic E-state index is 13.5. The van der Waals surface area contributed by atoms with E-state index in [-0.39, 0.29) is 0 Å². The van der Waals surface area contributed by atoms with E-state index in [0.29, 0.717) is 9.79 Å². The van der Waals surface area contributed by atoms with Crippen molar-refractivity contribution in [1.82, 2.24) is 0 Å². The van der Waals surface area contributed by atoms with Gasteiger partial charge in [0, 0.05) is 16.5 Å². The van der Waals surface area contributed by atoms with Crippen molar-refractivity contribution in [3.63, 3.8) is 0 Å². The normalized spacial score (nSPS) is 14.2. The highest BCUT2D eigenvalue weighted by Crippen LogP contribution is 2.59. The maximum atomic E-state index is 13.5. The minimum atomic E-state index is -3.57. The average Bonchev–Trinajstić information content (AvgIpc) is 3.29. The summed E-state index contributed by atoms with van der Waals surface area (Å²) in [7, 11) is -3.57. The summed E-state index contributed by atoms with van der Waals surface area (Å²) < 4.78 is 27.9. The Morgan fingerprint density at radius 1 is 0.769 bits per heavy atom. The molecule has 0 atom stereocenters. The van der Waals surface area contributed by atoms with E-state index in [2.05, 4.69) is 15.9 Å². The van der Waals surface area contributed by atoms with E-state index < -0.39 is 9.84 Å². The molecule has 0 bridgehead atoms. The van der Waals surface area contributed by atoms with Gasteiger partial charge in [-0.25, -0.2) is 8.42 Å². The van der Waals surface area contributed by atoms with Crippen LogP contribution in [0.4, 0.5) is 0 Å². The van der Waals surface area contributed by atoms with Gasteiger partial charge < -0.3 is 0 Å². The molecule has 0 aliphatic carbocycles. The van der Waals surface area contributed by atoms with Gasteiger partial charge in [-0.15, -0.1) is 22.7 Å². The lowest BCUT2D eigenvalue weighted by Gasteiger charge is -2.06. The van der Waals surface area contributed by atoms with Crippen molar-refractivity contribution in [2.45, 2.75) is 9.79 Å². The summed E-state index contributed by atoms with van der Waals surface area (Å²) >= 11 is 6.60. The number of sulfone groups is 1. The summed E-state index contributed by atoms with van der Waals surface area (Å²) in [5.41, 5.74) is 3.41. The van der Waals surface area contributed by atoms with E-state index in [0.717, 1.165) is 35.8 Å². The third-order valence-corrected chi connectivity index (χ3v) is 9.63. The molecule has 128 valence electrons. The predicted molar refractivity (Wildman–Crippen MR) is 112 cm³/mol. The van der Waals surface area contributed by atoms with Crippen LogP contribution in [-0.4, -0.2) is 8.42 Å². The molecule has 4 aromatic rings. The van der Waals surface area contributed by atoms with Crippen LogP contribution < -0.4 is 0 Å². The zero-order valence-corrected chi connectivity index (χ0v) is 17.3. The fourth-order valence-electron chi connectivity index (χ4n) is 3.33. The van der Waals surface area contributed by atoms with E-state index in [1.165, 1.54) is 22.7 Å². The Kier molecular flexibility index (Phi) is 3.72. The van der Waals surface area contributed by atoms with Crippen LogP contribution in [0.5, 0.6) is 0 Å². The van der Waals surface area contributed by atoms with E-state index >= 15 is 0 Å². The van der Waals surface area contributed by atoms with E-state index in [1.54, 1.807) is 0 Å². The minimum Gasteiger partial charge on any atom is -0.218 e. The van der Waals surface area contributed by atoms with Crippen molar-refractivity contribution >= 4 is 48.4 Å².